The number of nitrogens with one attached hydrogen (secondary N) is 1. The smallest absolute Gasteiger partial charge is 0.237 e. The molecule has 1 saturated heterocycles. The van der Waals surface area contributed by atoms with Crippen LogP contribution in [-0.2, 0) is 22.5 Å². The summed E-state index contributed by atoms with van der Waals surface area (Å²) >= 11 is 0. The first-order valence-corrected chi connectivity index (χ1v) is 9.90. The van der Waals surface area contributed by atoms with Gasteiger partial charge in [-0.1, -0.05) is 36.8 Å². The summed E-state index contributed by atoms with van der Waals surface area (Å²) in [5.41, 5.74) is 3.42. The monoisotopic (exact) mass is 368 g/mol. The molecule has 6 heteroatoms. The molecule has 0 spiro atoms. The van der Waals surface area contributed by atoms with E-state index < -0.39 is 0 Å². The highest BCUT2D eigenvalue weighted by atomic mass is 16.5. The van der Waals surface area contributed by atoms with Gasteiger partial charge in [0.25, 0.3) is 0 Å². The summed E-state index contributed by atoms with van der Waals surface area (Å²) in [7, 11) is 2.03. The molecule has 2 aromatic rings. The Balaban J connectivity index is 1.40. The van der Waals surface area contributed by atoms with E-state index in [2.05, 4.69) is 28.5 Å². The van der Waals surface area contributed by atoms with Gasteiger partial charge in [-0.3, -0.25) is 14.4 Å². The SMILES string of the molecule is CN1CCCCC1C(=O)NCC1OCCc2cn(Cc3ccccc3)nc21. The van der Waals surface area contributed by atoms with Gasteiger partial charge in [-0.25, -0.2) is 0 Å². The van der Waals surface area contributed by atoms with E-state index in [0.717, 1.165) is 38.0 Å². The summed E-state index contributed by atoms with van der Waals surface area (Å²) in [6, 6.07) is 10.3. The molecule has 1 aromatic carbocycles. The third-order valence-corrected chi connectivity index (χ3v) is 5.59. The lowest BCUT2D eigenvalue weighted by Crippen LogP contribution is -2.48. The Morgan fingerprint density at radius 2 is 2.15 bits per heavy atom. The summed E-state index contributed by atoms with van der Waals surface area (Å²) in [5.74, 6) is 0.108. The van der Waals surface area contributed by atoms with E-state index in [0.29, 0.717) is 13.2 Å². The quantitative estimate of drug-likeness (QED) is 0.879. The number of rotatable bonds is 5. The Kier molecular flexibility index (Phi) is 5.55. The molecule has 3 heterocycles. The van der Waals surface area contributed by atoms with Gasteiger partial charge in [-0.05, 0) is 44.0 Å². The number of carbonyl (C=O) groups excluding carboxylic acids is 1. The second kappa shape index (κ2) is 8.23. The van der Waals surface area contributed by atoms with Crippen LogP contribution in [0.1, 0.15) is 42.2 Å². The predicted molar refractivity (Wildman–Crippen MR) is 103 cm³/mol. The van der Waals surface area contributed by atoms with E-state index in [1.807, 2.05) is 29.9 Å². The highest BCUT2D eigenvalue weighted by molar-refractivity contribution is 5.81. The zero-order valence-corrected chi connectivity index (χ0v) is 15.9. The van der Waals surface area contributed by atoms with E-state index in [1.54, 1.807) is 0 Å². The number of carbonyl (C=O) groups is 1. The molecule has 0 saturated carbocycles. The number of hydrogen-bond donors (Lipinski definition) is 1. The Morgan fingerprint density at radius 1 is 1.30 bits per heavy atom. The Bertz CT molecular complexity index is 774. The number of fused-ring (bicyclic) bond motifs is 1. The Morgan fingerprint density at radius 3 is 2.96 bits per heavy atom. The summed E-state index contributed by atoms with van der Waals surface area (Å²) in [6.07, 6.45) is 6.06. The molecule has 27 heavy (non-hydrogen) atoms. The third kappa shape index (κ3) is 4.22. The van der Waals surface area contributed by atoms with Crippen molar-refractivity contribution in [3.63, 3.8) is 0 Å². The van der Waals surface area contributed by atoms with Crippen molar-refractivity contribution in [1.29, 1.82) is 0 Å². The zero-order valence-electron chi connectivity index (χ0n) is 15.9. The number of likely N-dealkylation sites (N-methyl/N-ethyl adjacent to an activating group) is 1. The van der Waals surface area contributed by atoms with Crippen LogP contribution in [-0.4, -0.2) is 53.4 Å². The molecular weight excluding hydrogens is 340 g/mol. The maximum Gasteiger partial charge on any atom is 0.237 e. The first-order chi connectivity index (χ1) is 13.2. The number of amides is 1. The van der Waals surface area contributed by atoms with Gasteiger partial charge in [0, 0.05) is 12.7 Å². The first kappa shape index (κ1) is 18.2. The minimum Gasteiger partial charge on any atom is -0.370 e. The summed E-state index contributed by atoms with van der Waals surface area (Å²) in [5, 5.41) is 7.86. The normalized spacial score (nSPS) is 23.0. The van der Waals surface area contributed by atoms with Crippen LogP contribution in [0, 0.1) is 0 Å². The van der Waals surface area contributed by atoms with Crippen LogP contribution in [0.15, 0.2) is 36.5 Å². The van der Waals surface area contributed by atoms with E-state index in [-0.39, 0.29) is 18.1 Å². The van der Waals surface area contributed by atoms with Gasteiger partial charge in [0.1, 0.15) is 6.10 Å². The fourth-order valence-corrected chi connectivity index (χ4v) is 4.06. The molecule has 1 aromatic heterocycles. The molecule has 2 atom stereocenters. The maximum atomic E-state index is 12.6. The Labute approximate surface area is 160 Å². The fraction of sp³-hybridized carbons (Fsp3) is 0.524. The van der Waals surface area contributed by atoms with Gasteiger partial charge in [0.2, 0.25) is 5.91 Å². The summed E-state index contributed by atoms with van der Waals surface area (Å²) in [6.45, 7) is 2.90. The molecule has 0 bridgehead atoms. The van der Waals surface area contributed by atoms with E-state index in [4.69, 9.17) is 9.84 Å². The molecule has 0 radical (unpaired) electrons. The number of benzene rings is 1. The number of ether oxygens (including phenoxy) is 1. The van der Waals surface area contributed by atoms with Crippen molar-refractivity contribution >= 4 is 5.91 Å². The van der Waals surface area contributed by atoms with Crippen LogP contribution < -0.4 is 5.32 Å². The van der Waals surface area contributed by atoms with Crippen molar-refractivity contribution in [3.05, 3.63) is 53.3 Å². The van der Waals surface area contributed by atoms with Gasteiger partial charge in [-0.2, -0.15) is 5.10 Å². The molecular formula is C21H28N4O2. The molecule has 1 fully saturated rings. The number of piperidine rings is 1. The molecule has 2 aliphatic rings. The predicted octanol–water partition coefficient (Wildman–Crippen LogP) is 2.15. The van der Waals surface area contributed by atoms with E-state index >= 15 is 0 Å². The molecule has 2 unspecified atom stereocenters. The van der Waals surface area contributed by atoms with Crippen molar-refractivity contribution in [2.24, 2.45) is 0 Å². The number of nitrogens with zero attached hydrogens (tertiary/aromatic N) is 3. The molecule has 1 amide bonds. The molecule has 0 aliphatic carbocycles. The second-order valence-electron chi connectivity index (χ2n) is 7.57. The highest BCUT2D eigenvalue weighted by Gasteiger charge is 2.29. The van der Waals surface area contributed by atoms with Crippen LogP contribution in [0.3, 0.4) is 0 Å². The minimum atomic E-state index is -0.163. The number of hydrogen-bond acceptors (Lipinski definition) is 4. The largest absolute Gasteiger partial charge is 0.370 e. The lowest BCUT2D eigenvalue weighted by Gasteiger charge is -2.32. The minimum absolute atomic E-state index is 0.0163. The van der Waals surface area contributed by atoms with Crippen LogP contribution in [0.2, 0.25) is 0 Å². The highest BCUT2D eigenvalue weighted by Crippen LogP contribution is 2.26. The van der Waals surface area contributed by atoms with Crippen molar-refractivity contribution in [2.75, 3.05) is 26.7 Å². The summed E-state index contributed by atoms with van der Waals surface area (Å²) < 4.78 is 7.91. The average molecular weight is 368 g/mol. The lowest BCUT2D eigenvalue weighted by atomic mass is 10.0. The topological polar surface area (TPSA) is 59.4 Å². The number of aromatic nitrogens is 2. The molecule has 144 valence electrons. The van der Waals surface area contributed by atoms with E-state index in [9.17, 15) is 4.79 Å². The third-order valence-electron chi connectivity index (χ3n) is 5.59. The fourth-order valence-electron chi connectivity index (χ4n) is 4.06. The van der Waals surface area contributed by atoms with Gasteiger partial charge >= 0.3 is 0 Å². The van der Waals surface area contributed by atoms with Gasteiger partial charge in [-0.15, -0.1) is 0 Å². The molecule has 2 aliphatic heterocycles. The zero-order chi connectivity index (χ0) is 18.6. The van der Waals surface area contributed by atoms with Crippen molar-refractivity contribution in [2.45, 2.75) is 44.4 Å². The second-order valence-corrected chi connectivity index (χ2v) is 7.57. The van der Waals surface area contributed by atoms with Crippen molar-refractivity contribution in [1.82, 2.24) is 20.0 Å². The van der Waals surface area contributed by atoms with Gasteiger partial charge < -0.3 is 10.1 Å². The number of likely N-dealkylation sites (tertiary alicyclic amines) is 1. The standard InChI is InChI=1S/C21H28N4O2/c1-24-11-6-5-9-18(24)21(26)22-13-19-20-17(10-12-27-19)15-25(23-20)14-16-7-3-2-4-8-16/h2-4,7-8,15,18-19H,5-6,9-14H2,1H3,(H,22,26). The van der Waals surface area contributed by atoms with Gasteiger partial charge in [0.15, 0.2) is 0 Å². The van der Waals surface area contributed by atoms with Crippen LogP contribution >= 0.6 is 0 Å². The van der Waals surface area contributed by atoms with Gasteiger partial charge in [0.05, 0.1) is 24.9 Å². The summed E-state index contributed by atoms with van der Waals surface area (Å²) in [4.78, 5) is 14.7. The lowest BCUT2D eigenvalue weighted by molar-refractivity contribution is -0.127. The van der Waals surface area contributed by atoms with Crippen LogP contribution in [0.25, 0.3) is 0 Å². The van der Waals surface area contributed by atoms with Crippen molar-refractivity contribution in [3.8, 4) is 0 Å². The maximum absolute atomic E-state index is 12.6. The van der Waals surface area contributed by atoms with Crippen LogP contribution in [0.5, 0.6) is 0 Å². The molecule has 1 N–H and O–H groups in total. The van der Waals surface area contributed by atoms with Crippen molar-refractivity contribution < 1.29 is 9.53 Å². The molecule has 6 nitrogen and oxygen atoms in total. The van der Waals surface area contributed by atoms with E-state index in [1.165, 1.54) is 17.5 Å². The Hall–Kier alpha value is -2.18. The van der Waals surface area contributed by atoms with Crippen LogP contribution in [0.4, 0.5) is 0 Å². The first-order valence-electron chi connectivity index (χ1n) is 9.90. The average Bonchev–Trinajstić information content (AvgIpc) is 3.10. The molecule has 4 rings (SSSR count).